The van der Waals surface area contributed by atoms with E-state index in [4.69, 9.17) is 5.73 Å². The SMILES string of the molecule is CSCC[C@H](N)c1nncn1C(C)C. The van der Waals surface area contributed by atoms with Crippen molar-refractivity contribution in [3.05, 3.63) is 12.2 Å². The van der Waals surface area contributed by atoms with Gasteiger partial charge in [0.2, 0.25) is 0 Å². The zero-order valence-corrected chi connectivity index (χ0v) is 9.79. The average molecular weight is 214 g/mol. The van der Waals surface area contributed by atoms with E-state index in [1.165, 1.54) is 0 Å². The van der Waals surface area contributed by atoms with Crippen molar-refractivity contribution < 1.29 is 0 Å². The summed E-state index contributed by atoms with van der Waals surface area (Å²) in [6.07, 6.45) is 4.78. The van der Waals surface area contributed by atoms with Crippen molar-refractivity contribution in [1.82, 2.24) is 14.8 Å². The molecule has 0 saturated heterocycles. The van der Waals surface area contributed by atoms with Crippen LogP contribution in [0.25, 0.3) is 0 Å². The smallest absolute Gasteiger partial charge is 0.150 e. The lowest BCUT2D eigenvalue weighted by Gasteiger charge is -2.14. The Bertz CT molecular complexity index is 272. The fraction of sp³-hybridized carbons (Fsp3) is 0.778. The number of thioether (sulfide) groups is 1. The van der Waals surface area contributed by atoms with E-state index in [1.54, 1.807) is 18.1 Å². The Hall–Kier alpha value is -0.550. The summed E-state index contributed by atoms with van der Waals surface area (Å²) in [4.78, 5) is 0. The number of hydrogen-bond donors (Lipinski definition) is 1. The van der Waals surface area contributed by atoms with Gasteiger partial charge >= 0.3 is 0 Å². The zero-order valence-electron chi connectivity index (χ0n) is 8.97. The van der Waals surface area contributed by atoms with Crippen LogP contribution < -0.4 is 5.73 Å². The highest BCUT2D eigenvalue weighted by Gasteiger charge is 2.14. The first-order valence-electron chi connectivity index (χ1n) is 4.80. The number of hydrogen-bond acceptors (Lipinski definition) is 4. The molecule has 1 aromatic heterocycles. The van der Waals surface area contributed by atoms with Crippen LogP contribution in [0.15, 0.2) is 6.33 Å². The second kappa shape index (κ2) is 5.36. The van der Waals surface area contributed by atoms with E-state index in [9.17, 15) is 0 Å². The molecule has 4 nitrogen and oxygen atoms in total. The van der Waals surface area contributed by atoms with Gasteiger partial charge in [0.1, 0.15) is 12.2 Å². The van der Waals surface area contributed by atoms with Crippen LogP contribution in [-0.4, -0.2) is 26.8 Å². The zero-order chi connectivity index (χ0) is 10.6. The molecule has 0 bridgehead atoms. The molecule has 5 heteroatoms. The quantitative estimate of drug-likeness (QED) is 0.809. The number of nitrogens with zero attached hydrogens (tertiary/aromatic N) is 3. The van der Waals surface area contributed by atoms with Gasteiger partial charge in [0, 0.05) is 6.04 Å². The van der Waals surface area contributed by atoms with Crippen LogP contribution in [0.5, 0.6) is 0 Å². The van der Waals surface area contributed by atoms with Gasteiger partial charge < -0.3 is 10.3 Å². The van der Waals surface area contributed by atoms with E-state index in [2.05, 4.69) is 30.3 Å². The molecule has 14 heavy (non-hydrogen) atoms. The minimum Gasteiger partial charge on any atom is -0.321 e. The van der Waals surface area contributed by atoms with E-state index < -0.39 is 0 Å². The third-order valence-corrected chi connectivity index (χ3v) is 2.77. The fourth-order valence-corrected chi connectivity index (χ4v) is 1.78. The summed E-state index contributed by atoms with van der Waals surface area (Å²) in [7, 11) is 0. The molecule has 0 aromatic carbocycles. The van der Waals surface area contributed by atoms with Crippen molar-refractivity contribution in [3.8, 4) is 0 Å². The van der Waals surface area contributed by atoms with Crippen molar-refractivity contribution >= 4 is 11.8 Å². The lowest BCUT2D eigenvalue weighted by molar-refractivity contribution is 0.525. The summed E-state index contributed by atoms with van der Waals surface area (Å²) >= 11 is 1.80. The van der Waals surface area contributed by atoms with Crippen molar-refractivity contribution in [3.63, 3.8) is 0 Å². The summed E-state index contributed by atoms with van der Waals surface area (Å²) in [5.41, 5.74) is 6.03. The van der Waals surface area contributed by atoms with Crippen molar-refractivity contribution in [2.24, 2.45) is 5.73 Å². The molecule has 0 radical (unpaired) electrons. The summed E-state index contributed by atoms with van der Waals surface area (Å²) in [6, 6.07) is 0.382. The Labute approximate surface area is 89.3 Å². The molecule has 2 N–H and O–H groups in total. The van der Waals surface area contributed by atoms with E-state index >= 15 is 0 Å². The Kier molecular flexibility index (Phi) is 4.41. The lowest BCUT2D eigenvalue weighted by Crippen LogP contribution is -2.18. The van der Waals surface area contributed by atoms with E-state index in [0.717, 1.165) is 18.0 Å². The van der Waals surface area contributed by atoms with Crippen molar-refractivity contribution in [2.75, 3.05) is 12.0 Å². The average Bonchev–Trinajstić information content (AvgIpc) is 2.62. The van der Waals surface area contributed by atoms with E-state index in [1.807, 2.05) is 4.57 Å². The Morgan fingerprint density at radius 2 is 2.29 bits per heavy atom. The Morgan fingerprint density at radius 3 is 2.86 bits per heavy atom. The number of nitrogens with two attached hydrogens (primary N) is 1. The van der Waals surface area contributed by atoms with Crippen LogP contribution in [0, 0.1) is 0 Å². The highest BCUT2D eigenvalue weighted by atomic mass is 32.2. The normalized spacial score (nSPS) is 13.5. The summed E-state index contributed by atoms with van der Waals surface area (Å²) in [5, 5.41) is 7.97. The van der Waals surface area contributed by atoms with Crippen LogP contribution in [0.2, 0.25) is 0 Å². The Balaban J connectivity index is 2.68. The van der Waals surface area contributed by atoms with Crippen LogP contribution >= 0.6 is 11.8 Å². The number of aromatic nitrogens is 3. The highest BCUT2D eigenvalue weighted by Crippen LogP contribution is 2.16. The first kappa shape index (κ1) is 11.5. The monoisotopic (exact) mass is 214 g/mol. The Morgan fingerprint density at radius 1 is 1.57 bits per heavy atom. The number of rotatable bonds is 5. The molecule has 0 aliphatic rings. The van der Waals surface area contributed by atoms with Gasteiger partial charge in [-0.15, -0.1) is 10.2 Å². The van der Waals surface area contributed by atoms with Crippen LogP contribution in [0.3, 0.4) is 0 Å². The topological polar surface area (TPSA) is 56.7 Å². The van der Waals surface area contributed by atoms with Gasteiger partial charge in [0.05, 0.1) is 6.04 Å². The lowest BCUT2D eigenvalue weighted by atomic mass is 10.2. The fourth-order valence-electron chi connectivity index (χ4n) is 1.29. The van der Waals surface area contributed by atoms with Crippen molar-refractivity contribution in [2.45, 2.75) is 32.4 Å². The molecule has 0 amide bonds. The van der Waals surface area contributed by atoms with Gasteiger partial charge in [0.25, 0.3) is 0 Å². The second-order valence-corrected chi connectivity index (χ2v) is 4.56. The van der Waals surface area contributed by atoms with E-state index in [0.29, 0.717) is 6.04 Å². The summed E-state index contributed by atoms with van der Waals surface area (Å²) in [6.45, 7) is 4.21. The molecule has 0 spiro atoms. The molecule has 0 fully saturated rings. The standard InChI is InChI=1S/C9H18N4S/c1-7(2)13-6-11-12-9(13)8(10)4-5-14-3/h6-8H,4-5,10H2,1-3H3/t8-/m0/s1. The van der Waals surface area contributed by atoms with Gasteiger partial charge in [-0.1, -0.05) is 0 Å². The first-order chi connectivity index (χ1) is 6.66. The molecule has 0 saturated carbocycles. The summed E-state index contributed by atoms with van der Waals surface area (Å²) in [5.74, 6) is 1.96. The minimum absolute atomic E-state index is 0.00681. The third kappa shape index (κ3) is 2.72. The molecule has 1 heterocycles. The molecule has 1 atom stereocenters. The molecule has 0 unspecified atom stereocenters. The molecule has 1 aromatic rings. The van der Waals surface area contributed by atoms with Crippen LogP contribution in [0.4, 0.5) is 0 Å². The highest BCUT2D eigenvalue weighted by molar-refractivity contribution is 7.98. The van der Waals surface area contributed by atoms with Gasteiger partial charge in [-0.3, -0.25) is 0 Å². The van der Waals surface area contributed by atoms with Crippen LogP contribution in [0.1, 0.15) is 38.2 Å². The van der Waals surface area contributed by atoms with Gasteiger partial charge in [-0.05, 0) is 32.3 Å². The van der Waals surface area contributed by atoms with Crippen LogP contribution in [-0.2, 0) is 0 Å². The first-order valence-corrected chi connectivity index (χ1v) is 6.20. The minimum atomic E-state index is 0.00681. The predicted molar refractivity (Wildman–Crippen MR) is 60.3 cm³/mol. The second-order valence-electron chi connectivity index (χ2n) is 3.58. The summed E-state index contributed by atoms with van der Waals surface area (Å²) < 4.78 is 2.03. The van der Waals surface area contributed by atoms with E-state index in [-0.39, 0.29) is 6.04 Å². The molecule has 0 aliphatic heterocycles. The molecule has 80 valence electrons. The molecular weight excluding hydrogens is 196 g/mol. The maximum absolute atomic E-state index is 6.03. The predicted octanol–water partition coefficient (Wildman–Crippen LogP) is 1.61. The van der Waals surface area contributed by atoms with Crippen molar-refractivity contribution in [1.29, 1.82) is 0 Å². The molecular formula is C9H18N4S. The van der Waals surface area contributed by atoms with Gasteiger partial charge in [0.15, 0.2) is 0 Å². The van der Waals surface area contributed by atoms with Gasteiger partial charge in [-0.25, -0.2) is 0 Å². The molecule has 0 aliphatic carbocycles. The maximum atomic E-state index is 6.03. The largest absolute Gasteiger partial charge is 0.321 e. The van der Waals surface area contributed by atoms with Gasteiger partial charge in [-0.2, -0.15) is 11.8 Å². The third-order valence-electron chi connectivity index (χ3n) is 2.12. The maximum Gasteiger partial charge on any atom is 0.150 e. The molecule has 1 rings (SSSR count).